The Morgan fingerprint density at radius 3 is 1.53 bits per heavy atom. The summed E-state index contributed by atoms with van der Waals surface area (Å²) in [4.78, 5) is 26.7. The Morgan fingerprint density at radius 1 is 0.588 bits per heavy atom. The third kappa shape index (κ3) is 34.4. The molecule has 0 saturated carbocycles. The van der Waals surface area contributed by atoms with Crippen LogP contribution in [0.2, 0.25) is 0 Å². The second-order valence-electron chi connectivity index (χ2n) is 20.1. The highest BCUT2D eigenvalue weighted by atomic mass is 16.7. The van der Waals surface area contributed by atoms with Crippen LogP contribution in [0, 0.1) is 0 Å². The number of carbonyl (C=O) groups is 2. The maximum Gasteiger partial charge on any atom is 0.306 e. The molecule has 0 aromatic rings. The number of rotatable bonds is 46. The predicted molar refractivity (Wildman–Crippen MR) is 274 cm³/mol. The van der Waals surface area contributed by atoms with Gasteiger partial charge in [0, 0.05) is 33.5 Å². The van der Waals surface area contributed by atoms with Crippen LogP contribution in [0.3, 0.4) is 0 Å². The van der Waals surface area contributed by atoms with E-state index in [1.165, 1.54) is 97.7 Å². The first-order valence-electron chi connectivity index (χ1n) is 27.5. The van der Waals surface area contributed by atoms with E-state index in [-0.39, 0.29) is 57.8 Å². The summed E-state index contributed by atoms with van der Waals surface area (Å²) in [5, 5.41) is 21.6. The van der Waals surface area contributed by atoms with E-state index >= 15 is 0 Å². The second kappa shape index (κ2) is 42.8. The number of methoxy groups -OCH3 is 2. The van der Waals surface area contributed by atoms with Crippen molar-refractivity contribution in [3.05, 3.63) is 24.3 Å². The molecule has 12 heteroatoms. The van der Waals surface area contributed by atoms with Gasteiger partial charge in [-0.2, -0.15) is 0 Å². The van der Waals surface area contributed by atoms with Gasteiger partial charge in [0.2, 0.25) is 0 Å². The lowest BCUT2D eigenvalue weighted by Gasteiger charge is -2.47. The summed E-state index contributed by atoms with van der Waals surface area (Å²) >= 11 is 0. The molecule has 0 bridgehead atoms. The minimum absolute atomic E-state index is 0.0251. The first kappa shape index (κ1) is 64.1. The van der Waals surface area contributed by atoms with Gasteiger partial charge in [-0.1, -0.05) is 141 Å². The van der Waals surface area contributed by atoms with Crippen molar-refractivity contribution < 1.29 is 57.7 Å². The Kier molecular flexibility index (Phi) is 40.3. The number of carbonyl (C=O) groups excluding carboxylic acids is 2. The third-order valence-corrected chi connectivity index (χ3v) is 12.4. The van der Waals surface area contributed by atoms with Crippen molar-refractivity contribution in [2.75, 3.05) is 40.6 Å². The third-order valence-electron chi connectivity index (χ3n) is 12.4. The molecule has 1 rings (SSSR count). The number of ether oxygens (including phenoxy) is 8. The standard InChI is InChI=1S/C56H104O12/c1-9-11-13-15-17-19-21-23-25-27-29-31-33-35-37-39-50(59)64-45-49-52(65-44-48(58)42-61-7)53(68-56(5,6)41-47(57)43-63-46(3)4)54(55(62-8)66-49)67-51(60)40-38-36-34-32-30-28-26-24-22-20-18-16-14-12-10-2/h23-26,46-49,52-55,57-58H,9-22,27-45H2,1-8H3/b25-23-,26-24-. The van der Waals surface area contributed by atoms with Crippen LogP contribution in [0.4, 0.5) is 0 Å². The molecule has 0 aromatic heterocycles. The topological polar surface area (TPSA) is 148 Å². The minimum Gasteiger partial charge on any atom is -0.463 e. The molecule has 12 nitrogen and oxygen atoms in total. The lowest BCUT2D eigenvalue weighted by atomic mass is 9.95. The number of hydrogen-bond donors (Lipinski definition) is 2. The van der Waals surface area contributed by atoms with Crippen molar-refractivity contribution in [2.45, 2.75) is 282 Å². The Hall–Kier alpha value is -1.90. The van der Waals surface area contributed by atoms with E-state index < -0.39 is 54.5 Å². The Morgan fingerprint density at radius 2 is 1.06 bits per heavy atom. The number of unbranched alkanes of at least 4 members (excludes halogenated alkanes) is 22. The largest absolute Gasteiger partial charge is 0.463 e. The average Bonchev–Trinajstić information content (AvgIpc) is 3.30. The molecule has 1 heterocycles. The molecular weight excluding hydrogens is 865 g/mol. The van der Waals surface area contributed by atoms with Crippen LogP contribution in [-0.4, -0.2) is 117 Å². The normalized spacial score (nSPS) is 19.9. The fraction of sp³-hybridized carbons (Fsp3) is 0.893. The van der Waals surface area contributed by atoms with E-state index in [0.717, 1.165) is 77.0 Å². The molecule has 400 valence electrons. The van der Waals surface area contributed by atoms with Crippen LogP contribution in [0.15, 0.2) is 24.3 Å². The van der Waals surface area contributed by atoms with Crippen molar-refractivity contribution in [3.8, 4) is 0 Å². The summed E-state index contributed by atoms with van der Waals surface area (Å²) < 4.78 is 48.2. The summed E-state index contributed by atoms with van der Waals surface area (Å²) in [5.74, 6) is -0.768. The van der Waals surface area contributed by atoms with Crippen LogP contribution >= 0.6 is 0 Å². The monoisotopic (exact) mass is 969 g/mol. The fourth-order valence-electron chi connectivity index (χ4n) is 8.61. The van der Waals surface area contributed by atoms with E-state index in [1.54, 1.807) is 0 Å². The van der Waals surface area contributed by atoms with Gasteiger partial charge in [-0.25, -0.2) is 0 Å². The highest BCUT2D eigenvalue weighted by Gasteiger charge is 2.52. The van der Waals surface area contributed by atoms with Crippen molar-refractivity contribution in [1.82, 2.24) is 0 Å². The van der Waals surface area contributed by atoms with Gasteiger partial charge in [-0.05, 0) is 91.9 Å². The smallest absolute Gasteiger partial charge is 0.306 e. The quantitative estimate of drug-likeness (QED) is 0.0340. The minimum atomic E-state index is -1.08. The first-order valence-corrected chi connectivity index (χ1v) is 27.5. The molecule has 0 amide bonds. The Bertz CT molecular complexity index is 1240. The SMILES string of the molecule is CCCCCCCC/C=C\CCCCCCCC(=O)OCC1OC(OC)C(OC(=O)CCCCCCC/C=C\CCCCCCCC)C(OC(C)(C)CC(O)COC(C)C)C1OCC(O)COC. The van der Waals surface area contributed by atoms with Gasteiger partial charge in [-0.3, -0.25) is 9.59 Å². The highest BCUT2D eigenvalue weighted by Crippen LogP contribution is 2.34. The second-order valence-corrected chi connectivity index (χ2v) is 20.1. The van der Waals surface area contributed by atoms with Gasteiger partial charge in [0.1, 0.15) is 31.0 Å². The Balaban J connectivity index is 2.90. The summed E-state index contributed by atoms with van der Waals surface area (Å²) in [5.41, 5.74) is -0.980. The van der Waals surface area contributed by atoms with Crippen molar-refractivity contribution >= 4 is 11.9 Å². The summed E-state index contributed by atoms with van der Waals surface area (Å²) in [7, 11) is 2.95. The molecule has 1 aliphatic rings. The van der Waals surface area contributed by atoms with Crippen LogP contribution in [-0.2, 0) is 47.5 Å². The van der Waals surface area contributed by atoms with E-state index in [4.69, 9.17) is 37.9 Å². The molecule has 1 saturated heterocycles. The molecule has 7 unspecified atom stereocenters. The molecule has 0 aliphatic carbocycles. The zero-order chi connectivity index (χ0) is 50.1. The van der Waals surface area contributed by atoms with Gasteiger partial charge in [0.15, 0.2) is 12.4 Å². The molecule has 0 radical (unpaired) electrons. The highest BCUT2D eigenvalue weighted by molar-refractivity contribution is 5.70. The van der Waals surface area contributed by atoms with Gasteiger partial charge >= 0.3 is 11.9 Å². The van der Waals surface area contributed by atoms with E-state index in [1.807, 2.05) is 27.7 Å². The maximum absolute atomic E-state index is 13.6. The fourth-order valence-corrected chi connectivity index (χ4v) is 8.61. The molecule has 1 fully saturated rings. The molecule has 68 heavy (non-hydrogen) atoms. The zero-order valence-corrected chi connectivity index (χ0v) is 44.7. The number of esters is 2. The number of allylic oxidation sites excluding steroid dienone is 4. The summed E-state index contributed by atoms with van der Waals surface area (Å²) in [6.45, 7) is 11.8. The Labute approximate surface area is 415 Å². The summed E-state index contributed by atoms with van der Waals surface area (Å²) in [6, 6.07) is 0. The molecular formula is C56H104O12. The molecule has 0 spiro atoms. The molecule has 1 aliphatic heterocycles. The first-order chi connectivity index (χ1) is 32.9. The summed E-state index contributed by atoms with van der Waals surface area (Å²) in [6.07, 6.45) is 33.3. The van der Waals surface area contributed by atoms with Crippen molar-refractivity contribution in [1.29, 1.82) is 0 Å². The van der Waals surface area contributed by atoms with Crippen LogP contribution < -0.4 is 0 Å². The number of aliphatic hydroxyl groups is 2. The van der Waals surface area contributed by atoms with Gasteiger partial charge in [0.05, 0.1) is 37.6 Å². The van der Waals surface area contributed by atoms with Crippen molar-refractivity contribution in [2.24, 2.45) is 0 Å². The predicted octanol–water partition coefficient (Wildman–Crippen LogP) is 12.6. The lowest BCUT2D eigenvalue weighted by molar-refractivity contribution is -0.325. The lowest BCUT2D eigenvalue weighted by Crippen LogP contribution is -2.64. The van der Waals surface area contributed by atoms with E-state index in [2.05, 4.69) is 38.2 Å². The van der Waals surface area contributed by atoms with Gasteiger partial charge in [0.25, 0.3) is 0 Å². The average molecular weight is 969 g/mol. The van der Waals surface area contributed by atoms with Crippen molar-refractivity contribution in [3.63, 3.8) is 0 Å². The van der Waals surface area contributed by atoms with Gasteiger partial charge < -0.3 is 48.1 Å². The number of aliphatic hydroxyl groups excluding tert-OH is 2. The van der Waals surface area contributed by atoms with E-state index in [0.29, 0.717) is 6.42 Å². The van der Waals surface area contributed by atoms with Crippen LogP contribution in [0.25, 0.3) is 0 Å². The van der Waals surface area contributed by atoms with Gasteiger partial charge in [-0.15, -0.1) is 0 Å². The van der Waals surface area contributed by atoms with Crippen LogP contribution in [0.5, 0.6) is 0 Å². The zero-order valence-electron chi connectivity index (χ0n) is 44.7. The molecule has 7 atom stereocenters. The molecule has 0 aromatic carbocycles. The van der Waals surface area contributed by atoms with Crippen LogP contribution in [0.1, 0.15) is 228 Å². The maximum atomic E-state index is 13.6. The van der Waals surface area contributed by atoms with E-state index in [9.17, 15) is 19.8 Å². The number of hydrogen-bond acceptors (Lipinski definition) is 12. The molecule has 2 N–H and O–H groups in total.